The largest absolute Gasteiger partial charge is 0.416 e. The van der Waals surface area contributed by atoms with Crippen LogP contribution in [0.5, 0.6) is 0 Å². The second kappa shape index (κ2) is 5.64. The number of hydrogen-bond donors (Lipinski definition) is 1. The first-order valence-electron chi connectivity index (χ1n) is 7.01. The molecule has 1 aliphatic heterocycles. The van der Waals surface area contributed by atoms with Crippen molar-refractivity contribution in [2.45, 2.75) is 45.5 Å². The molecule has 0 bridgehead atoms. The van der Waals surface area contributed by atoms with Gasteiger partial charge in [-0.05, 0) is 36.5 Å². The van der Waals surface area contributed by atoms with Crippen LogP contribution in [0.1, 0.15) is 37.8 Å². The van der Waals surface area contributed by atoms with Gasteiger partial charge in [-0.3, -0.25) is 0 Å². The zero-order chi connectivity index (χ0) is 14.9. The highest BCUT2D eigenvalue weighted by Crippen LogP contribution is 2.37. The fourth-order valence-corrected chi connectivity index (χ4v) is 2.99. The molecule has 1 aliphatic rings. The van der Waals surface area contributed by atoms with Crippen LogP contribution in [0.25, 0.3) is 0 Å². The first-order valence-corrected chi connectivity index (χ1v) is 7.01. The normalized spacial score (nSPS) is 19.9. The van der Waals surface area contributed by atoms with E-state index in [2.05, 4.69) is 18.7 Å². The smallest absolute Gasteiger partial charge is 0.368 e. The number of hydrogen-bond acceptors (Lipinski definition) is 2. The SMILES string of the molecule is CC(C)C1CCCN1c1ccc(CN)c(C(F)(F)F)c1. The number of rotatable bonds is 3. The summed E-state index contributed by atoms with van der Waals surface area (Å²) in [6, 6.07) is 4.84. The molecule has 2 rings (SSSR count). The summed E-state index contributed by atoms with van der Waals surface area (Å²) in [7, 11) is 0. The zero-order valence-electron chi connectivity index (χ0n) is 11.9. The lowest BCUT2D eigenvalue weighted by atomic mass is 10.0. The van der Waals surface area contributed by atoms with Crippen molar-refractivity contribution in [2.24, 2.45) is 11.7 Å². The standard InChI is InChI=1S/C15H21F3N2/c1-10(2)14-4-3-7-20(14)12-6-5-11(9-19)13(8-12)15(16,17)18/h5-6,8,10,14H,3-4,7,9,19H2,1-2H3. The molecule has 20 heavy (non-hydrogen) atoms. The van der Waals surface area contributed by atoms with E-state index in [4.69, 9.17) is 5.73 Å². The van der Waals surface area contributed by atoms with Gasteiger partial charge in [0, 0.05) is 24.8 Å². The third kappa shape index (κ3) is 2.92. The van der Waals surface area contributed by atoms with Gasteiger partial charge in [-0.25, -0.2) is 0 Å². The number of anilines is 1. The summed E-state index contributed by atoms with van der Waals surface area (Å²) in [4.78, 5) is 2.10. The van der Waals surface area contributed by atoms with Gasteiger partial charge in [-0.2, -0.15) is 13.2 Å². The zero-order valence-corrected chi connectivity index (χ0v) is 11.9. The van der Waals surface area contributed by atoms with Crippen LogP contribution in [0, 0.1) is 5.92 Å². The Kier molecular flexibility index (Phi) is 4.28. The van der Waals surface area contributed by atoms with Crippen molar-refractivity contribution in [1.29, 1.82) is 0 Å². The number of nitrogens with two attached hydrogens (primary N) is 1. The van der Waals surface area contributed by atoms with Crippen LogP contribution < -0.4 is 10.6 Å². The monoisotopic (exact) mass is 286 g/mol. The van der Waals surface area contributed by atoms with Crippen molar-refractivity contribution in [1.82, 2.24) is 0 Å². The molecule has 0 saturated carbocycles. The van der Waals surface area contributed by atoms with E-state index in [9.17, 15) is 13.2 Å². The van der Waals surface area contributed by atoms with Crippen LogP contribution in [-0.4, -0.2) is 12.6 Å². The van der Waals surface area contributed by atoms with Gasteiger partial charge in [0.15, 0.2) is 0 Å². The van der Waals surface area contributed by atoms with Gasteiger partial charge in [-0.15, -0.1) is 0 Å². The van der Waals surface area contributed by atoms with E-state index in [-0.39, 0.29) is 12.1 Å². The predicted molar refractivity (Wildman–Crippen MR) is 74.5 cm³/mol. The summed E-state index contributed by atoms with van der Waals surface area (Å²) in [6.07, 6.45) is -2.28. The van der Waals surface area contributed by atoms with Crippen LogP contribution in [0.2, 0.25) is 0 Å². The van der Waals surface area contributed by atoms with Gasteiger partial charge in [0.1, 0.15) is 0 Å². The Morgan fingerprint density at radius 3 is 2.60 bits per heavy atom. The molecule has 0 aromatic heterocycles. The Labute approximate surface area is 117 Å². The van der Waals surface area contributed by atoms with Crippen molar-refractivity contribution in [3.8, 4) is 0 Å². The molecule has 2 N–H and O–H groups in total. The highest BCUT2D eigenvalue weighted by atomic mass is 19.4. The molecular weight excluding hydrogens is 265 g/mol. The first kappa shape index (κ1) is 15.2. The number of halogens is 3. The van der Waals surface area contributed by atoms with Crippen molar-refractivity contribution < 1.29 is 13.2 Å². The molecule has 0 amide bonds. The summed E-state index contributed by atoms with van der Waals surface area (Å²) in [5, 5.41) is 0. The molecule has 2 nitrogen and oxygen atoms in total. The Morgan fingerprint density at radius 1 is 1.35 bits per heavy atom. The fraction of sp³-hybridized carbons (Fsp3) is 0.600. The minimum atomic E-state index is -4.35. The second-order valence-corrected chi connectivity index (χ2v) is 5.69. The molecule has 112 valence electrons. The molecule has 1 aromatic rings. The van der Waals surface area contributed by atoms with Gasteiger partial charge in [0.25, 0.3) is 0 Å². The van der Waals surface area contributed by atoms with E-state index in [0.717, 1.165) is 19.4 Å². The Morgan fingerprint density at radius 2 is 2.05 bits per heavy atom. The Hall–Kier alpha value is -1.23. The minimum absolute atomic E-state index is 0.0945. The maximum atomic E-state index is 13.1. The van der Waals surface area contributed by atoms with E-state index in [1.54, 1.807) is 6.07 Å². The highest BCUT2D eigenvalue weighted by molar-refractivity contribution is 5.53. The van der Waals surface area contributed by atoms with Crippen molar-refractivity contribution in [3.05, 3.63) is 29.3 Å². The second-order valence-electron chi connectivity index (χ2n) is 5.69. The molecule has 0 spiro atoms. The lowest BCUT2D eigenvalue weighted by Crippen LogP contribution is -2.33. The van der Waals surface area contributed by atoms with E-state index >= 15 is 0 Å². The quantitative estimate of drug-likeness (QED) is 0.916. The van der Waals surface area contributed by atoms with Crippen LogP contribution in [0.4, 0.5) is 18.9 Å². The van der Waals surface area contributed by atoms with Crippen LogP contribution >= 0.6 is 0 Å². The molecule has 0 aliphatic carbocycles. The summed E-state index contributed by atoms with van der Waals surface area (Å²) < 4.78 is 39.3. The highest BCUT2D eigenvalue weighted by Gasteiger charge is 2.35. The van der Waals surface area contributed by atoms with Crippen molar-refractivity contribution >= 4 is 5.69 Å². The van der Waals surface area contributed by atoms with E-state index in [1.807, 2.05) is 0 Å². The molecule has 1 unspecified atom stereocenters. The maximum Gasteiger partial charge on any atom is 0.416 e. The van der Waals surface area contributed by atoms with E-state index in [0.29, 0.717) is 17.6 Å². The van der Waals surface area contributed by atoms with Crippen LogP contribution in [0.3, 0.4) is 0 Å². The first-order chi connectivity index (χ1) is 9.34. The summed E-state index contributed by atoms with van der Waals surface area (Å²) in [6.45, 7) is 4.95. The lowest BCUT2D eigenvalue weighted by molar-refractivity contribution is -0.138. The van der Waals surface area contributed by atoms with Crippen molar-refractivity contribution in [2.75, 3.05) is 11.4 Å². The molecule has 1 aromatic carbocycles. The maximum absolute atomic E-state index is 13.1. The average Bonchev–Trinajstić information content (AvgIpc) is 2.86. The fourth-order valence-electron chi connectivity index (χ4n) is 2.99. The van der Waals surface area contributed by atoms with E-state index < -0.39 is 11.7 Å². The third-order valence-corrected chi connectivity index (χ3v) is 4.02. The number of benzene rings is 1. The minimum Gasteiger partial charge on any atom is -0.368 e. The molecule has 5 heteroatoms. The van der Waals surface area contributed by atoms with E-state index in [1.165, 1.54) is 12.1 Å². The molecular formula is C15H21F3N2. The molecule has 1 heterocycles. The Bertz CT molecular complexity index is 469. The summed E-state index contributed by atoms with van der Waals surface area (Å²) in [5.41, 5.74) is 5.62. The molecule has 1 atom stereocenters. The number of nitrogens with zero attached hydrogens (tertiary/aromatic N) is 1. The molecule has 1 fully saturated rings. The summed E-state index contributed by atoms with van der Waals surface area (Å²) in [5.74, 6) is 0.432. The molecule has 0 radical (unpaired) electrons. The van der Waals surface area contributed by atoms with Gasteiger partial charge >= 0.3 is 6.18 Å². The van der Waals surface area contributed by atoms with Crippen LogP contribution in [-0.2, 0) is 12.7 Å². The summed E-state index contributed by atoms with van der Waals surface area (Å²) >= 11 is 0. The topological polar surface area (TPSA) is 29.3 Å². The van der Waals surface area contributed by atoms with Crippen molar-refractivity contribution in [3.63, 3.8) is 0 Å². The number of alkyl halides is 3. The molecule has 1 saturated heterocycles. The van der Waals surface area contributed by atoms with Gasteiger partial charge in [0.2, 0.25) is 0 Å². The van der Waals surface area contributed by atoms with Crippen LogP contribution in [0.15, 0.2) is 18.2 Å². The lowest BCUT2D eigenvalue weighted by Gasteiger charge is -2.30. The third-order valence-electron chi connectivity index (χ3n) is 4.02. The average molecular weight is 286 g/mol. The Balaban J connectivity index is 2.38. The van der Waals surface area contributed by atoms with Gasteiger partial charge in [-0.1, -0.05) is 19.9 Å². The van der Waals surface area contributed by atoms with Gasteiger partial charge in [0.05, 0.1) is 5.56 Å². The van der Waals surface area contributed by atoms with Gasteiger partial charge < -0.3 is 10.6 Å². The predicted octanol–water partition coefficient (Wildman–Crippen LogP) is 3.79.